The molecule has 0 saturated heterocycles. The lowest BCUT2D eigenvalue weighted by Crippen LogP contribution is -2.15. The highest BCUT2D eigenvalue weighted by molar-refractivity contribution is 5.60. The van der Waals surface area contributed by atoms with Crippen LogP contribution in [-0.4, -0.2) is 23.6 Å². The Labute approximate surface area is 126 Å². The second kappa shape index (κ2) is 6.12. The molecular weight excluding hydrogens is 262 g/mol. The molecule has 0 spiro atoms. The number of hydrogen-bond donors (Lipinski definition) is 1. The molecule has 0 radical (unpaired) electrons. The standard InChI is InChI=1S/C17H23N3O/c1-6-21-13-9-7-8-12(10-13)16-19-14(17(2,3)4)11-15(18-5)20-16/h7-11H,6H2,1-5H3,(H,18,19,20). The van der Waals surface area contributed by atoms with Crippen LogP contribution in [0.1, 0.15) is 33.4 Å². The topological polar surface area (TPSA) is 47.0 Å². The Morgan fingerprint density at radius 1 is 1.14 bits per heavy atom. The van der Waals surface area contributed by atoms with E-state index in [2.05, 4.69) is 31.1 Å². The lowest BCUT2D eigenvalue weighted by atomic mass is 9.92. The second-order valence-corrected chi connectivity index (χ2v) is 5.92. The smallest absolute Gasteiger partial charge is 0.161 e. The van der Waals surface area contributed by atoms with Crippen molar-refractivity contribution in [2.45, 2.75) is 33.1 Å². The van der Waals surface area contributed by atoms with Gasteiger partial charge in [-0.3, -0.25) is 0 Å². The summed E-state index contributed by atoms with van der Waals surface area (Å²) in [6, 6.07) is 9.89. The summed E-state index contributed by atoms with van der Waals surface area (Å²) >= 11 is 0. The molecule has 0 unspecified atom stereocenters. The molecule has 0 atom stereocenters. The van der Waals surface area contributed by atoms with Gasteiger partial charge in [-0.2, -0.15) is 0 Å². The van der Waals surface area contributed by atoms with E-state index >= 15 is 0 Å². The van der Waals surface area contributed by atoms with Crippen LogP contribution in [0.4, 0.5) is 5.82 Å². The Balaban J connectivity index is 2.50. The van der Waals surface area contributed by atoms with Crippen LogP contribution in [-0.2, 0) is 5.41 Å². The molecule has 0 aliphatic heterocycles. The molecule has 0 saturated carbocycles. The van der Waals surface area contributed by atoms with Gasteiger partial charge in [0, 0.05) is 24.1 Å². The van der Waals surface area contributed by atoms with Gasteiger partial charge >= 0.3 is 0 Å². The van der Waals surface area contributed by atoms with Crippen molar-refractivity contribution in [3.05, 3.63) is 36.0 Å². The highest BCUT2D eigenvalue weighted by Crippen LogP contribution is 2.27. The Hall–Kier alpha value is -2.10. The van der Waals surface area contributed by atoms with Crippen molar-refractivity contribution in [3.63, 3.8) is 0 Å². The van der Waals surface area contributed by atoms with Crippen molar-refractivity contribution in [3.8, 4) is 17.1 Å². The summed E-state index contributed by atoms with van der Waals surface area (Å²) in [5, 5.41) is 3.11. The Kier molecular flexibility index (Phi) is 4.46. The monoisotopic (exact) mass is 285 g/mol. The van der Waals surface area contributed by atoms with E-state index in [1.165, 1.54) is 0 Å². The third kappa shape index (κ3) is 3.72. The van der Waals surface area contributed by atoms with Crippen LogP contribution in [0.15, 0.2) is 30.3 Å². The average molecular weight is 285 g/mol. The van der Waals surface area contributed by atoms with Gasteiger partial charge in [-0.1, -0.05) is 32.9 Å². The van der Waals surface area contributed by atoms with Gasteiger partial charge in [0.15, 0.2) is 5.82 Å². The summed E-state index contributed by atoms with van der Waals surface area (Å²) < 4.78 is 5.55. The summed E-state index contributed by atoms with van der Waals surface area (Å²) in [4.78, 5) is 9.28. The second-order valence-electron chi connectivity index (χ2n) is 5.92. The SMILES string of the molecule is CCOc1cccc(-c2nc(NC)cc(C(C)(C)C)n2)c1. The van der Waals surface area contributed by atoms with Crippen molar-refractivity contribution in [1.29, 1.82) is 0 Å². The third-order valence-corrected chi connectivity index (χ3v) is 3.15. The van der Waals surface area contributed by atoms with E-state index in [0.29, 0.717) is 12.4 Å². The highest BCUT2D eigenvalue weighted by atomic mass is 16.5. The predicted octanol–water partition coefficient (Wildman–Crippen LogP) is 3.88. The van der Waals surface area contributed by atoms with Crippen molar-refractivity contribution in [1.82, 2.24) is 9.97 Å². The molecule has 1 aromatic carbocycles. The first-order valence-corrected chi connectivity index (χ1v) is 7.24. The number of aromatic nitrogens is 2. The molecule has 4 heteroatoms. The van der Waals surface area contributed by atoms with Gasteiger partial charge in [0.2, 0.25) is 0 Å². The van der Waals surface area contributed by atoms with E-state index in [0.717, 1.165) is 22.8 Å². The summed E-state index contributed by atoms with van der Waals surface area (Å²) in [6.07, 6.45) is 0. The molecule has 1 heterocycles. The molecule has 1 N–H and O–H groups in total. The number of anilines is 1. The summed E-state index contributed by atoms with van der Waals surface area (Å²) in [5.41, 5.74) is 1.95. The first-order chi connectivity index (χ1) is 9.94. The molecule has 0 fully saturated rings. The van der Waals surface area contributed by atoms with E-state index < -0.39 is 0 Å². The predicted molar refractivity (Wildman–Crippen MR) is 86.9 cm³/mol. The van der Waals surface area contributed by atoms with Crippen LogP contribution in [0.2, 0.25) is 0 Å². The van der Waals surface area contributed by atoms with E-state index in [4.69, 9.17) is 9.72 Å². The van der Waals surface area contributed by atoms with Gasteiger partial charge in [0.1, 0.15) is 11.6 Å². The van der Waals surface area contributed by atoms with Crippen LogP contribution in [0.3, 0.4) is 0 Å². The van der Waals surface area contributed by atoms with Crippen molar-refractivity contribution in [2.75, 3.05) is 19.0 Å². The van der Waals surface area contributed by atoms with Crippen molar-refractivity contribution >= 4 is 5.82 Å². The molecule has 0 aliphatic rings. The molecular formula is C17H23N3O. The van der Waals surface area contributed by atoms with E-state index in [9.17, 15) is 0 Å². The maximum atomic E-state index is 5.55. The zero-order chi connectivity index (χ0) is 15.5. The number of nitrogens with zero attached hydrogens (tertiary/aromatic N) is 2. The van der Waals surface area contributed by atoms with E-state index in [1.54, 1.807) is 0 Å². The fourth-order valence-electron chi connectivity index (χ4n) is 1.98. The largest absolute Gasteiger partial charge is 0.494 e. The number of hydrogen-bond acceptors (Lipinski definition) is 4. The molecule has 0 amide bonds. The highest BCUT2D eigenvalue weighted by Gasteiger charge is 2.18. The first kappa shape index (κ1) is 15.3. The lowest BCUT2D eigenvalue weighted by molar-refractivity contribution is 0.340. The van der Waals surface area contributed by atoms with Crippen molar-refractivity contribution in [2.24, 2.45) is 0 Å². The minimum Gasteiger partial charge on any atom is -0.494 e. The first-order valence-electron chi connectivity index (χ1n) is 7.24. The maximum absolute atomic E-state index is 5.55. The average Bonchev–Trinajstić information content (AvgIpc) is 2.46. The minimum absolute atomic E-state index is 0.0270. The fourth-order valence-corrected chi connectivity index (χ4v) is 1.98. The molecule has 2 rings (SSSR count). The molecule has 21 heavy (non-hydrogen) atoms. The third-order valence-electron chi connectivity index (χ3n) is 3.15. The molecule has 2 aromatic rings. The van der Waals surface area contributed by atoms with Gasteiger partial charge in [-0.05, 0) is 19.1 Å². The number of rotatable bonds is 4. The number of nitrogens with one attached hydrogen (secondary N) is 1. The molecule has 4 nitrogen and oxygen atoms in total. The summed E-state index contributed by atoms with van der Waals surface area (Å²) in [6.45, 7) is 9.07. The molecule has 1 aromatic heterocycles. The Bertz CT molecular complexity index is 618. The summed E-state index contributed by atoms with van der Waals surface area (Å²) in [5.74, 6) is 2.38. The van der Waals surface area contributed by atoms with Gasteiger partial charge < -0.3 is 10.1 Å². The minimum atomic E-state index is -0.0270. The number of ether oxygens (including phenoxy) is 1. The fraction of sp³-hybridized carbons (Fsp3) is 0.412. The maximum Gasteiger partial charge on any atom is 0.161 e. The van der Waals surface area contributed by atoms with Gasteiger partial charge in [-0.25, -0.2) is 9.97 Å². The van der Waals surface area contributed by atoms with E-state index in [-0.39, 0.29) is 5.41 Å². The van der Waals surface area contributed by atoms with Crippen LogP contribution >= 0.6 is 0 Å². The van der Waals surface area contributed by atoms with Crippen molar-refractivity contribution < 1.29 is 4.74 Å². The van der Waals surface area contributed by atoms with Crippen LogP contribution in [0.5, 0.6) is 5.75 Å². The molecule has 0 bridgehead atoms. The lowest BCUT2D eigenvalue weighted by Gasteiger charge is -2.19. The number of benzene rings is 1. The van der Waals surface area contributed by atoms with Gasteiger partial charge in [0.05, 0.1) is 12.3 Å². The van der Waals surface area contributed by atoms with E-state index in [1.807, 2.05) is 44.3 Å². The zero-order valence-corrected chi connectivity index (χ0v) is 13.4. The normalized spacial score (nSPS) is 11.3. The zero-order valence-electron chi connectivity index (χ0n) is 13.4. The Morgan fingerprint density at radius 2 is 1.90 bits per heavy atom. The van der Waals surface area contributed by atoms with Crippen LogP contribution in [0.25, 0.3) is 11.4 Å². The molecule has 112 valence electrons. The van der Waals surface area contributed by atoms with Crippen LogP contribution < -0.4 is 10.1 Å². The summed E-state index contributed by atoms with van der Waals surface area (Å²) in [7, 11) is 1.87. The molecule has 0 aliphatic carbocycles. The van der Waals surface area contributed by atoms with Crippen LogP contribution in [0, 0.1) is 0 Å². The van der Waals surface area contributed by atoms with Gasteiger partial charge in [-0.15, -0.1) is 0 Å². The quantitative estimate of drug-likeness (QED) is 0.926. The Morgan fingerprint density at radius 3 is 2.52 bits per heavy atom. The van der Waals surface area contributed by atoms with Gasteiger partial charge in [0.25, 0.3) is 0 Å².